The van der Waals surface area contributed by atoms with Crippen LogP contribution in [-0.2, 0) is 13.1 Å². The van der Waals surface area contributed by atoms with Crippen molar-refractivity contribution in [3.63, 3.8) is 0 Å². The number of hydrogen-bond acceptors (Lipinski definition) is 5. The van der Waals surface area contributed by atoms with Crippen LogP contribution in [0.15, 0.2) is 51.4 Å². The Kier molecular flexibility index (Phi) is 7.58. The summed E-state index contributed by atoms with van der Waals surface area (Å²) in [5.74, 6) is 1.41. The zero-order valence-electron chi connectivity index (χ0n) is 15.0. The van der Waals surface area contributed by atoms with Crippen molar-refractivity contribution in [1.29, 1.82) is 0 Å². The number of aromatic nitrogens is 2. The highest BCUT2D eigenvalue weighted by atomic mass is 127. The van der Waals surface area contributed by atoms with E-state index in [0.717, 1.165) is 27.9 Å². The molecule has 2 heterocycles. The van der Waals surface area contributed by atoms with Gasteiger partial charge in [-0.25, -0.2) is 9.97 Å². The number of thiazole rings is 1. The number of oxazole rings is 1. The van der Waals surface area contributed by atoms with Crippen LogP contribution >= 0.6 is 35.3 Å². The Labute approximate surface area is 174 Å². The normalized spacial score (nSPS) is 11.1. The van der Waals surface area contributed by atoms with Gasteiger partial charge in [0.15, 0.2) is 5.96 Å². The van der Waals surface area contributed by atoms with Gasteiger partial charge in [-0.2, -0.15) is 0 Å². The Morgan fingerprint density at radius 1 is 1.23 bits per heavy atom. The first-order chi connectivity index (χ1) is 12.2. The van der Waals surface area contributed by atoms with Crippen molar-refractivity contribution in [3.8, 4) is 11.5 Å². The third-order valence-electron chi connectivity index (χ3n) is 3.64. The summed E-state index contributed by atoms with van der Waals surface area (Å²) in [6.45, 7) is 3.26. The fourth-order valence-corrected chi connectivity index (χ4v) is 3.06. The molecule has 0 unspecified atom stereocenters. The number of nitrogens with zero attached hydrogens (tertiary/aromatic N) is 4. The molecule has 8 heteroatoms. The zero-order valence-corrected chi connectivity index (χ0v) is 18.1. The highest BCUT2D eigenvalue weighted by Gasteiger charge is 2.11. The van der Waals surface area contributed by atoms with E-state index in [-0.39, 0.29) is 24.0 Å². The van der Waals surface area contributed by atoms with Gasteiger partial charge in [0.2, 0.25) is 5.89 Å². The fraction of sp³-hybridized carbons (Fsp3) is 0.278. The average Bonchev–Trinajstić information content (AvgIpc) is 3.25. The summed E-state index contributed by atoms with van der Waals surface area (Å²) in [5, 5.41) is 6.45. The third-order valence-corrected chi connectivity index (χ3v) is 4.46. The van der Waals surface area contributed by atoms with Crippen molar-refractivity contribution in [2.45, 2.75) is 20.0 Å². The van der Waals surface area contributed by atoms with Gasteiger partial charge in [0.05, 0.1) is 29.5 Å². The lowest BCUT2D eigenvalue weighted by Crippen LogP contribution is -2.38. The SMILES string of the molecule is CN=C(NCc1coc(-c2ccccc2)n1)N(C)Cc1csc(C)n1.I. The second kappa shape index (κ2) is 9.67. The van der Waals surface area contributed by atoms with E-state index in [4.69, 9.17) is 4.42 Å². The minimum atomic E-state index is 0. The maximum absolute atomic E-state index is 5.56. The Morgan fingerprint density at radius 2 is 2.00 bits per heavy atom. The summed E-state index contributed by atoms with van der Waals surface area (Å²) < 4.78 is 5.56. The number of hydrogen-bond donors (Lipinski definition) is 1. The van der Waals surface area contributed by atoms with Gasteiger partial charge < -0.3 is 14.6 Å². The Hall–Kier alpha value is -1.94. The molecule has 0 aliphatic rings. The van der Waals surface area contributed by atoms with Crippen LogP contribution in [0.25, 0.3) is 11.5 Å². The number of aryl methyl sites for hydroxylation is 1. The van der Waals surface area contributed by atoms with Crippen LogP contribution in [-0.4, -0.2) is 34.9 Å². The molecule has 138 valence electrons. The average molecular weight is 483 g/mol. The monoisotopic (exact) mass is 483 g/mol. The molecule has 0 bridgehead atoms. The molecule has 0 amide bonds. The largest absolute Gasteiger partial charge is 0.444 e. The highest BCUT2D eigenvalue weighted by Crippen LogP contribution is 2.17. The number of rotatable bonds is 5. The molecule has 0 saturated carbocycles. The Morgan fingerprint density at radius 3 is 2.65 bits per heavy atom. The van der Waals surface area contributed by atoms with Crippen LogP contribution in [0.4, 0.5) is 0 Å². The van der Waals surface area contributed by atoms with Gasteiger partial charge in [-0.15, -0.1) is 35.3 Å². The van der Waals surface area contributed by atoms with Crippen LogP contribution in [0, 0.1) is 6.92 Å². The highest BCUT2D eigenvalue weighted by molar-refractivity contribution is 14.0. The number of halogens is 1. The maximum atomic E-state index is 5.56. The van der Waals surface area contributed by atoms with Crippen molar-refractivity contribution >= 4 is 41.3 Å². The molecule has 3 aromatic rings. The van der Waals surface area contributed by atoms with Crippen LogP contribution in [0.2, 0.25) is 0 Å². The van der Waals surface area contributed by atoms with Crippen LogP contribution in [0.1, 0.15) is 16.4 Å². The minimum Gasteiger partial charge on any atom is -0.444 e. The molecule has 1 aromatic carbocycles. The minimum absolute atomic E-state index is 0. The van der Waals surface area contributed by atoms with Gasteiger partial charge in [-0.05, 0) is 19.1 Å². The molecule has 0 fully saturated rings. The van der Waals surface area contributed by atoms with Gasteiger partial charge in [0.25, 0.3) is 0 Å². The predicted octanol–water partition coefficient (Wildman–Crippen LogP) is 3.93. The molecule has 0 radical (unpaired) electrons. The van der Waals surface area contributed by atoms with Crippen molar-refractivity contribution in [1.82, 2.24) is 20.2 Å². The summed E-state index contributed by atoms with van der Waals surface area (Å²) in [4.78, 5) is 15.4. The molecule has 0 atom stereocenters. The van der Waals surface area contributed by atoms with Gasteiger partial charge in [0, 0.05) is 25.0 Å². The van der Waals surface area contributed by atoms with E-state index in [2.05, 4.69) is 25.7 Å². The topological polar surface area (TPSA) is 66.6 Å². The molecule has 0 saturated heterocycles. The van der Waals surface area contributed by atoms with E-state index in [1.165, 1.54) is 0 Å². The standard InChI is InChI=1S/C18H21N5OS.HI/c1-13-21-16(12-25-13)10-23(3)18(19-2)20-9-15-11-24-17(22-15)14-7-5-4-6-8-14;/h4-8,11-12H,9-10H2,1-3H3,(H,19,20);1H. The molecular weight excluding hydrogens is 461 g/mol. The zero-order chi connectivity index (χ0) is 17.6. The Balaban J connectivity index is 0.00000243. The third kappa shape index (κ3) is 5.28. The molecule has 0 aliphatic heterocycles. The van der Waals surface area contributed by atoms with Crippen molar-refractivity contribution in [2.24, 2.45) is 4.99 Å². The molecule has 6 nitrogen and oxygen atoms in total. The van der Waals surface area contributed by atoms with Crippen LogP contribution < -0.4 is 5.32 Å². The Bertz CT molecular complexity index is 846. The van der Waals surface area contributed by atoms with E-state index >= 15 is 0 Å². The second-order valence-corrected chi connectivity index (χ2v) is 6.69. The number of nitrogens with one attached hydrogen (secondary N) is 1. The van der Waals surface area contributed by atoms with E-state index in [1.54, 1.807) is 24.6 Å². The first-order valence-electron chi connectivity index (χ1n) is 7.98. The van der Waals surface area contributed by atoms with Crippen LogP contribution in [0.3, 0.4) is 0 Å². The van der Waals surface area contributed by atoms with Crippen molar-refractivity contribution < 1.29 is 4.42 Å². The summed E-state index contributed by atoms with van der Waals surface area (Å²) in [7, 11) is 3.76. The lowest BCUT2D eigenvalue weighted by molar-refractivity contribution is 0.470. The molecular formula is C18H22IN5OS. The van der Waals surface area contributed by atoms with Gasteiger partial charge in [0.1, 0.15) is 6.26 Å². The molecule has 26 heavy (non-hydrogen) atoms. The van der Waals surface area contributed by atoms with E-state index in [0.29, 0.717) is 19.0 Å². The smallest absolute Gasteiger partial charge is 0.226 e. The molecule has 1 N–H and O–H groups in total. The molecule has 3 rings (SSSR count). The number of aliphatic imine (C=N–C) groups is 1. The van der Waals surface area contributed by atoms with Crippen molar-refractivity contribution in [2.75, 3.05) is 14.1 Å². The van der Waals surface area contributed by atoms with Gasteiger partial charge >= 0.3 is 0 Å². The van der Waals surface area contributed by atoms with Gasteiger partial charge in [-0.1, -0.05) is 18.2 Å². The van der Waals surface area contributed by atoms with Crippen molar-refractivity contribution in [3.05, 3.63) is 58.4 Å². The number of benzene rings is 1. The lowest BCUT2D eigenvalue weighted by atomic mass is 10.2. The first-order valence-corrected chi connectivity index (χ1v) is 8.86. The summed E-state index contributed by atoms with van der Waals surface area (Å²) >= 11 is 1.66. The predicted molar refractivity (Wildman–Crippen MR) is 116 cm³/mol. The molecule has 0 aliphatic carbocycles. The molecule has 0 spiro atoms. The maximum Gasteiger partial charge on any atom is 0.226 e. The summed E-state index contributed by atoms with van der Waals surface area (Å²) in [6.07, 6.45) is 1.67. The lowest BCUT2D eigenvalue weighted by Gasteiger charge is -2.20. The summed E-state index contributed by atoms with van der Waals surface area (Å²) in [6, 6.07) is 9.86. The first kappa shape index (κ1) is 20.4. The van der Waals surface area contributed by atoms with E-state index in [9.17, 15) is 0 Å². The van der Waals surface area contributed by atoms with E-state index < -0.39 is 0 Å². The fourth-order valence-electron chi connectivity index (χ4n) is 2.45. The van der Waals surface area contributed by atoms with E-state index in [1.807, 2.05) is 49.2 Å². The molecule has 2 aromatic heterocycles. The summed E-state index contributed by atoms with van der Waals surface area (Å²) in [5.41, 5.74) is 2.84. The quantitative estimate of drug-likeness (QED) is 0.339. The second-order valence-electron chi connectivity index (χ2n) is 5.62. The number of guanidine groups is 1. The van der Waals surface area contributed by atoms with Crippen LogP contribution in [0.5, 0.6) is 0 Å². The van der Waals surface area contributed by atoms with Gasteiger partial charge in [-0.3, -0.25) is 4.99 Å².